The highest BCUT2D eigenvalue weighted by Gasteiger charge is 2.34. The predicted molar refractivity (Wildman–Crippen MR) is 96.7 cm³/mol. The molecule has 1 aromatic heterocycles. The Morgan fingerprint density at radius 1 is 1.42 bits per heavy atom. The molecule has 2 atom stereocenters. The molecule has 1 aliphatic heterocycles. The van der Waals surface area contributed by atoms with Gasteiger partial charge in [0.05, 0.1) is 35.8 Å². The lowest BCUT2D eigenvalue weighted by Gasteiger charge is -2.30. The molecule has 0 saturated heterocycles. The molecule has 0 aliphatic carbocycles. The minimum Gasteiger partial charge on any atom is -0.598 e. The SMILES string of the molecule is Cc1cccc(Cl)c1-n1ncc2c1COCC2N[S@@+]([O-])C(C)(C)C. The summed E-state index contributed by atoms with van der Waals surface area (Å²) in [6.07, 6.45) is 1.82. The fourth-order valence-corrected chi connectivity index (χ4v) is 3.78. The smallest absolute Gasteiger partial charge is 0.136 e. The summed E-state index contributed by atoms with van der Waals surface area (Å²) in [4.78, 5) is 0. The van der Waals surface area contributed by atoms with Crippen LogP contribution < -0.4 is 4.72 Å². The Morgan fingerprint density at radius 2 is 2.17 bits per heavy atom. The number of nitrogens with one attached hydrogen (secondary N) is 1. The lowest BCUT2D eigenvalue weighted by atomic mass is 10.1. The van der Waals surface area contributed by atoms with Gasteiger partial charge in [0.25, 0.3) is 0 Å². The fourth-order valence-electron chi connectivity index (χ4n) is 2.67. The molecule has 1 aliphatic rings. The first-order valence-corrected chi connectivity index (χ1v) is 9.40. The molecule has 0 spiro atoms. The molecule has 0 saturated carbocycles. The van der Waals surface area contributed by atoms with Crippen molar-refractivity contribution in [2.24, 2.45) is 0 Å². The topological polar surface area (TPSA) is 62.1 Å². The predicted octanol–water partition coefficient (Wildman–Crippen LogP) is 3.46. The average Bonchev–Trinajstić information content (AvgIpc) is 2.91. The van der Waals surface area contributed by atoms with Crippen molar-refractivity contribution >= 4 is 23.0 Å². The van der Waals surface area contributed by atoms with Crippen LogP contribution in [0, 0.1) is 6.92 Å². The second-order valence-electron chi connectivity index (χ2n) is 6.93. The van der Waals surface area contributed by atoms with Gasteiger partial charge in [0, 0.05) is 16.9 Å². The van der Waals surface area contributed by atoms with Gasteiger partial charge in [-0.2, -0.15) is 5.10 Å². The van der Waals surface area contributed by atoms with Crippen molar-refractivity contribution in [1.82, 2.24) is 14.5 Å². The highest BCUT2D eigenvalue weighted by atomic mass is 35.5. The molecule has 24 heavy (non-hydrogen) atoms. The molecule has 0 bridgehead atoms. The molecule has 130 valence electrons. The van der Waals surface area contributed by atoms with Crippen molar-refractivity contribution in [3.8, 4) is 5.69 Å². The van der Waals surface area contributed by atoms with Crippen LogP contribution >= 0.6 is 11.6 Å². The summed E-state index contributed by atoms with van der Waals surface area (Å²) in [5, 5.41) is 5.17. The largest absolute Gasteiger partial charge is 0.598 e. The molecule has 5 nitrogen and oxygen atoms in total. The Bertz CT molecular complexity index is 722. The van der Waals surface area contributed by atoms with E-state index in [1.807, 2.05) is 56.8 Å². The van der Waals surface area contributed by atoms with Gasteiger partial charge in [-0.15, -0.1) is 4.72 Å². The Hall–Kier alpha value is -1.05. The van der Waals surface area contributed by atoms with Gasteiger partial charge in [0.2, 0.25) is 0 Å². The lowest BCUT2D eigenvalue weighted by molar-refractivity contribution is 0.0843. The third kappa shape index (κ3) is 3.34. The summed E-state index contributed by atoms with van der Waals surface area (Å²) < 4.78 is 22.8. The van der Waals surface area contributed by atoms with Gasteiger partial charge >= 0.3 is 0 Å². The van der Waals surface area contributed by atoms with Crippen molar-refractivity contribution in [1.29, 1.82) is 0 Å². The molecule has 0 radical (unpaired) electrons. The van der Waals surface area contributed by atoms with Gasteiger partial charge in [-0.1, -0.05) is 23.7 Å². The second kappa shape index (κ2) is 6.69. The van der Waals surface area contributed by atoms with Crippen molar-refractivity contribution < 1.29 is 9.29 Å². The van der Waals surface area contributed by atoms with Gasteiger partial charge < -0.3 is 9.29 Å². The number of rotatable bonds is 3. The molecule has 0 fully saturated rings. The van der Waals surface area contributed by atoms with Crippen LogP contribution in [0.25, 0.3) is 5.69 Å². The van der Waals surface area contributed by atoms with E-state index in [-0.39, 0.29) is 10.8 Å². The lowest BCUT2D eigenvalue weighted by Crippen LogP contribution is -2.43. The highest BCUT2D eigenvalue weighted by molar-refractivity contribution is 7.90. The van der Waals surface area contributed by atoms with Crippen LogP contribution in [0.4, 0.5) is 0 Å². The molecule has 3 rings (SSSR count). The number of hydrogen-bond donors (Lipinski definition) is 1. The van der Waals surface area contributed by atoms with Crippen LogP contribution in [0.2, 0.25) is 5.02 Å². The van der Waals surface area contributed by atoms with Gasteiger partial charge in [-0.3, -0.25) is 0 Å². The van der Waals surface area contributed by atoms with E-state index in [1.54, 1.807) is 0 Å². The van der Waals surface area contributed by atoms with Crippen molar-refractivity contribution in [3.05, 3.63) is 46.2 Å². The summed E-state index contributed by atoms with van der Waals surface area (Å²) in [7, 11) is 0. The molecule has 1 N–H and O–H groups in total. The van der Waals surface area contributed by atoms with Crippen LogP contribution in [-0.2, 0) is 22.7 Å². The fraction of sp³-hybridized carbons (Fsp3) is 0.471. The molecule has 7 heteroatoms. The number of ether oxygens (including phenoxy) is 1. The maximum atomic E-state index is 12.4. The van der Waals surface area contributed by atoms with E-state index in [4.69, 9.17) is 16.3 Å². The van der Waals surface area contributed by atoms with E-state index in [2.05, 4.69) is 9.82 Å². The number of para-hydroxylation sites is 1. The molecule has 1 aromatic carbocycles. The molecule has 0 amide bonds. The molecule has 2 heterocycles. The average molecular weight is 368 g/mol. The maximum absolute atomic E-state index is 12.4. The van der Waals surface area contributed by atoms with E-state index in [0.29, 0.717) is 18.2 Å². The summed E-state index contributed by atoms with van der Waals surface area (Å²) in [6.45, 7) is 8.76. The summed E-state index contributed by atoms with van der Waals surface area (Å²) >= 11 is 5.20. The Labute approximate surface area is 150 Å². The van der Waals surface area contributed by atoms with Crippen LogP contribution in [0.1, 0.15) is 43.6 Å². The van der Waals surface area contributed by atoms with Gasteiger partial charge in [0.1, 0.15) is 10.8 Å². The third-order valence-electron chi connectivity index (χ3n) is 4.01. The normalized spacial score (nSPS) is 19.2. The quantitative estimate of drug-likeness (QED) is 0.844. The summed E-state index contributed by atoms with van der Waals surface area (Å²) in [5.41, 5.74) is 3.86. The van der Waals surface area contributed by atoms with E-state index in [9.17, 15) is 4.55 Å². The van der Waals surface area contributed by atoms with Crippen LogP contribution in [0.5, 0.6) is 0 Å². The molecular weight excluding hydrogens is 346 g/mol. The first kappa shape index (κ1) is 17.8. The number of hydrogen-bond acceptors (Lipinski definition) is 4. The third-order valence-corrected chi connectivity index (χ3v) is 5.92. The standard InChI is InChI=1S/C17H22ClN3O2S/c1-11-6-5-7-13(18)16(11)21-15-10-23-9-14(12(15)8-19-21)20-24(22)17(2,3)4/h5-8,14,20H,9-10H2,1-4H3/t14?,24-/m0/s1. The molecular formula is C17H22ClN3O2S. The van der Waals surface area contributed by atoms with E-state index >= 15 is 0 Å². The number of aromatic nitrogens is 2. The first-order valence-electron chi connectivity index (χ1n) is 7.87. The first-order chi connectivity index (χ1) is 11.3. The van der Waals surface area contributed by atoms with Crippen molar-refractivity contribution in [2.45, 2.75) is 45.1 Å². The number of fused-ring (bicyclic) bond motifs is 1. The Balaban J connectivity index is 1.96. The van der Waals surface area contributed by atoms with Gasteiger partial charge in [-0.25, -0.2) is 4.68 Å². The molecule has 1 unspecified atom stereocenters. The monoisotopic (exact) mass is 367 g/mol. The van der Waals surface area contributed by atoms with E-state index in [0.717, 1.165) is 22.5 Å². The summed E-state index contributed by atoms with van der Waals surface area (Å²) in [5.74, 6) is 0. The number of aryl methyl sites for hydroxylation is 1. The minimum atomic E-state index is -1.18. The Kier molecular flexibility index (Phi) is 4.95. The maximum Gasteiger partial charge on any atom is 0.136 e. The minimum absolute atomic E-state index is 0.148. The number of halogens is 1. The van der Waals surface area contributed by atoms with Crippen molar-refractivity contribution in [2.75, 3.05) is 6.61 Å². The van der Waals surface area contributed by atoms with E-state index < -0.39 is 11.4 Å². The van der Waals surface area contributed by atoms with E-state index in [1.165, 1.54) is 0 Å². The van der Waals surface area contributed by atoms with Gasteiger partial charge in [-0.05, 0) is 39.3 Å². The molecule has 2 aromatic rings. The number of benzene rings is 1. The van der Waals surface area contributed by atoms with Crippen LogP contribution in [0.3, 0.4) is 0 Å². The zero-order chi connectivity index (χ0) is 17.5. The second-order valence-corrected chi connectivity index (χ2v) is 9.34. The van der Waals surface area contributed by atoms with Crippen molar-refractivity contribution in [3.63, 3.8) is 0 Å². The number of nitrogens with zero attached hydrogens (tertiary/aromatic N) is 2. The summed E-state index contributed by atoms with van der Waals surface area (Å²) in [6, 6.07) is 5.63. The van der Waals surface area contributed by atoms with Crippen LogP contribution in [0.15, 0.2) is 24.4 Å². The highest BCUT2D eigenvalue weighted by Crippen LogP contribution is 2.32. The van der Waals surface area contributed by atoms with Gasteiger partial charge in [0.15, 0.2) is 0 Å². The zero-order valence-corrected chi connectivity index (χ0v) is 15.9. The van der Waals surface area contributed by atoms with Crippen LogP contribution in [-0.4, -0.2) is 25.7 Å². The zero-order valence-electron chi connectivity index (χ0n) is 14.3. The Morgan fingerprint density at radius 3 is 2.83 bits per heavy atom.